The third-order valence-electron chi connectivity index (χ3n) is 4.80. The highest BCUT2D eigenvalue weighted by Crippen LogP contribution is 2.31. The van der Waals surface area contributed by atoms with Crippen molar-refractivity contribution in [2.24, 2.45) is 0 Å². The third kappa shape index (κ3) is 4.05. The molecule has 0 radical (unpaired) electrons. The summed E-state index contributed by atoms with van der Waals surface area (Å²) >= 11 is 0. The van der Waals surface area contributed by atoms with Crippen molar-refractivity contribution in [3.05, 3.63) is 58.7 Å². The zero-order chi connectivity index (χ0) is 21.8. The number of ether oxygens (including phenoxy) is 2. The van der Waals surface area contributed by atoms with Gasteiger partial charge in [0.15, 0.2) is 11.5 Å². The molecule has 0 atom stereocenters. The Bertz CT molecular complexity index is 1040. The second-order valence-corrected chi connectivity index (χ2v) is 6.75. The molecular weight excluding hydrogens is 384 g/mol. The van der Waals surface area contributed by atoms with Gasteiger partial charge in [-0.05, 0) is 68.7 Å². The minimum Gasteiger partial charge on any atom is -0.490 e. The molecule has 0 saturated carbocycles. The van der Waals surface area contributed by atoms with E-state index in [1.807, 2.05) is 33.8 Å². The van der Waals surface area contributed by atoms with Gasteiger partial charge in [-0.1, -0.05) is 18.2 Å². The van der Waals surface area contributed by atoms with Crippen LogP contribution >= 0.6 is 0 Å². The smallest absolute Gasteiger partial charge is 0.335 e. The molecular formula is C23H24N2O5. The number of rotatable bonds is 6. The van der Waals surface area contributed by atoms with Gasteiger partial charge in [0.25, 0.3) is 11.8 Å². The van der Waals surface area contributed by atoms with Crippen molar-refractivity contribution in [3.8, 4) is 11.5 Å². The maximum absolute atomic E-state index is 13.1. The first-order valence-electron chi connectivity index (χ1n) is 9.74. The van der Waals surface area contributed by atoms with Crippen LogP contribution in [-0.2, 0) is 9.59 Å². The van der Waals surface area contributed by atoms with Gasteiger partial charge in [0.05, 0.1) is 18.9 Å². The van der Waals surface area contributed by atoms with Crippen molar-refractivity contribution in [1.29, 1.82) is 0 Å². The van der Waals surface area contributed by atoms with E-state index >= 15 is 0 Å². The molecule has 1 fully saturated rings. The van der Waals surface area contributed by atoms with Gasteiger partial charge in [-0.15, -0.1) is 0 Å². The molecule has 0 aliphatic carbocycles. The molecule has 1 N–H and O–H groups in total. The summed E-state index contributed by atoms with van der Waals surface area (Å²) in [6.07, 6.45) is 1.44. The van der Waals surface area contributed by atoms with Crippen LogP contribution in [0, 0.1) is 13.8 Å². The maximum Gasteiger partial charge on any atom is 0.335 e. The van der Waals surface area contributed by atoms with Crippen LogP contribution in [0.25, 0.3) is 6.08 Å². The lowest BCUT2D eigenvalue weighted by molar-refractivity contribution is -0.122. The highest BCUT2D eigenvalue weighted by atomic mass is 16.5. The fourth-order valence-electron chi connectivity index (χ4n) is 3.18. The standard InChI is InChI=1S/C23H24N2O5/c1-5-29-19-11-10-16(13-20(19)30-6-2)12-17-21(26)24-23(28)25(22(17)27)18-9-7-8-14(3)15(18)4/h7-13H,5-6H2,1-4H3,(H,24,26,28)/b17-12+. The predicted molar refractivity (Wildman–Crippen MR) is 114 cm³/mol. The van der Waals surface area contributed by atoms with Gasteiger partial charge in [-0.2, -0.15) is 0 Å². The molecule has 2 aromatic carbocycles. The molecule has 156 valence electrons. The Morgan fingerprint density at radius 1 is 0.967 bits per heavy atom. The number of imide groups is 2. The van der Waals surface area contributed by atoms with E-state index in [9.17, 15) is 14.4 Å². The molecule has 3 rings (SSSR count). The first kappa shape index (κ1) is 21.1. The molecule has 0 spiro atoms. The number of hydrogen-bond donors (Lipinski definition) is 1. The minimum absolute atomic E-state index is 0.137. The van der Waals surface area contributed by atoms with Crippen molar-refractivity contribution < 1.29 is 23.9 Å². The number of amides is 4. The van der Waals surface area contributed by atoms with Crippen LogP contribution < -0.4 is 19.7 Å². The number of benzene rings is 2. The van der Waals surface area contributed by atoms with Gasteiger partial charge < -0.3 is 9.47 Å². The first-order chi connectivity index (χ1) is 14.4. The number of barbiturate groups is 1. The number of urea groups is 1. The molecule has 1 aliphatic heterocycles. The Hall–Kier alpha value is -3.61. The summed E-state index contributed by atoms with van der Waals surface area (Å²) in [6.45, 7) is 8.36. The van der Waals surface area contributed by atoms with Crippen molar-refractivity contribution in [2.45, 2.75) is 27.7 Å². The van der Waals surface area contributed by atoms with E-state index in [4.69, 9.17) is 9.47 Å². The van der Waals surface area contributed by atoms with Crippen LogP contribution in [0.5, 0.6) is 11.5 Å². The van der Waals surface area contributed by atoms with E-state index in [2.05, 4.69) is 5.32 Å². The Kier molecular flexibility index (Phi) is 6.20. The number of nitrogens with one attached hydrogen (secondary N) is 1. The van der Waals surface area contributed by atoms with E-state index in [0.29, 0.717) is 36.0 Å². The highest BCUT2D eigenvalue weighted by molar-refractivity contribution is 6.39. The quantitative estimate of drug-likeness (QED) is 0.581. The number of aryl methyl sites for hydroxylation is 1. The summed E-state index contributed by atoms with van der Waals surface area (Å²) in [6, 6.07) is 9.70. The largest absolute Gasteiger partial charge is 0.490 e. The normalized spacial score (nSPS) is 15.4. The van der Waals surface area contributed by atoms with Crippen molar-refractivity contribution in [1.82, 2.24) is 5.32 Å². The van der Waals surface area contributed by atoms with E-state index in [1.165, 1.54) is 6.08 Å². The molecule has 0 unspecified atom stereocenters. The molecule has 0 aromatic heterocycles. The topological polar surface area (TPSA) is 84.9 Å². The maximum atomic E-state index is 13.1. The molecule has 1 heterocycles. The highest BCUT2D eigenvalue weighted by Gasteiger charge is 2.37. The van der Waals surface area contributed by atoms with Crippen LogP contribution in [0.4, 0.5) is 10.5 Å². The van der Waals surface area contributed by atoms with Gasteiger partial charge in [0.1, 0.15) is 5.57 Å². The van der Waals surface area contributed by atoms with Crippen molar-refractivity contribution in [2.75, 3.05) is 18.1 Å². The second-order valence-electron chi connectivity index (χ2n) is 6.75. The molecule has 4 amide bonds. The summed E-state index contributed by atoms with van der Waals surface area (Å²) in [5.74, 6) is -0.323. The predicted octanol–water partition coefficient (Wildman–Crippen LogP) is 3.77. The van der Waals surface area contributed by atoms with Crippen LogP contribution in [0.2, 0.25) is 0 Å². The SMILES string of the molecule is CCOc1ccc(/C=C2\C(=O)NC(=O)N(c3cccc(C)c3C)C2=O)cc1OCC. The number of anilines is 1. The van der Waals surface area contributed by atoms with Crippen LogP contribution in [0.15, 0.2) is 42.0 Å². The van der Waals surface area contributed by atoms with Crippen LogP contribution in [-0.4, -0.2) is 31.1 Å². The van der Waals surface area contributed by atoms with Gasteiger partial charge in [0, 0.05) is 0 Å². The van der Waals surface area contributed by atoms with Crippen LogP contribution in [0.1, 0.15) is 30.5 Å². The fourth-order valence-corrected chi connectivity index (χ4v) is 3.18. The van der Waals surface area contributed by atoms with E-state index in [-0.39, 0.29) is 5.57 Å². The molecule has 0 bridgehead atoms. The summed E-state index contributed by atoms with van der Waals surface area (Å²) in [7, 11) is 0. The Morgan fingerprint density at radius 2 is 1.67 bits per heavy atom. The number of hydrogen-bond acceptors (Lipinski definition) is 5. The zero-order valence-electron chi connectivity index (χ0n) is 17.4. The lowest BCUT2D eigenvalue weighted by Crippen LogP contribution is -2.54. The fraction of sp³-hybridized carbons (Fsp3) is 0.261. The number of carbonyl (C=O) groups is 3. The van der Waals surface area contributed by atoms with Gasteiger partial charge in [-0.3, -0.25) is 14.9 Å². The lowest BCUT2D eigenvalue weighted by atomic mass is 10.0. The lowest BCUT2D eigenvalue weighted by Gasteiger charge is -2.28. The molecule has 7 heteroatoms. The van der Waals surface area contributed by atoms with Gasteiger partial charge in [0.2, 0.25) is 0 Å². The minimum atomic E-state index is -0.766. The van der Waals surface area contributed by atoms with E-state index in [1.54, 1.807) is 30.3 Å². The summed E-state index contributed by atoms with van der Waals surface area (Å²) in [5, 5.41) is 2.25. The summed E-state index contributed by atoms with van der Waals surface area (Å²) in [5.41, 5.74) is 2.60. The molecule has 1 saturated heterocycles. The van der Waals surface area contributed by atoms with Gasteiger partial charge in [-0.25, -0.2) is 9.69 Å². The van der Waals surface area contributed by atoms with E-state index < -0.39 is 17.8 Å². The third-order valence-corrected chi connectivity index (χ3v) is 4.80. The monoisotopic (exact) mass is 408 g/mol. The Morgan fingerprint density at radius 3 is 2.37 bits per heavy atom. The zero-order valence-corrected chi connectivity index (χ0v) is 17.4. The van der Waals surface area contributed by atoms with Gasteiger partial charge >= 0.3 is 6.03 Å². The second kappa shape index (κ2) is 8.82. The van der Waals surface area contributed by atoms with Crippen molar-refractivity contribution in [3.63, 3.8) is 0 Å². The average molecular weight is 408 g/mol. The van der Waals surface area contributed by atoms with Crippen molar-refractivity contribution >= 4 is 29.6 Å². The molecule has 7 nitrogen and oxygen atoms in total. The average Bonchev–Trinajstić information content (AvgIpc) is 2.70. The summed E-state index contributed by atoms with van der Waals surface area (Å²) in [4.78, 5) is 39.0. The first-order valence-corrected chi connectivity index (χ1v) is 9.74. The number of carbonyl (C=O) groups excluding carboxylic acids is 3. The number of nitrogens with zero attached hydrogens (tertiary/aromatic N) is 1. The molecule has 30 heavy (non-hydrogen) atoms. The summed E-state index contributed by atoms with van der Waals surface area (Å²) < 4.78 is 11.2. The molecule has 2 aromatic rings. The molecule has 1 aliphatic rings. The Labute approximate surface area is 175 Å². The van der Waals surface area contributed by atoms with E-state index in [0.717, 1.165) is 16.0 Å². The Balaban J connectivity index is 2.02. The van der Waals surface area contributed by atoms with Crippen LogP contribution in [0.3, 0.4) is 0 Å².